The van der Waals surface area contributed by atoms with Crippen molar-refractivity contribution in [1.29, 1.82) is 0 Å². The largest absolute Gasteiger partial charge is 0.491 e. The molecular formula is C16H21N3O5. The first-order chi connectivity index (χ1) is 11.6. The molecule has 0 aliphatic carbocycles. The Balaban J connectivity index is 1.81. The van der Waals surface area contributed by atoms with Gasteiger partial charge in [-0.3, -0.25) is 10.0 Å². The van der Waals surface area contributed by atoms with E-state index in [2.05, 4.69) is 0 Å². The number of ether oxygens (including phenoxy) is 2. The molecule has 0 bridgehead atoms. The number of benzene rings is 1. The highest BCUT2D eigenvalue weighted by atomic mass is 16.5. The summed E-state index contributed by atoms with van der Waals surface area (Å²) in [5.74, 6) is -0.0415. The molecule has 1 atom stereocenters. The van der Waals surface area contributed by atoms with Crippen LogP contribution in [0.5, 0.6) is 5.75 Å². The summed E-state index contributed by atoms with van der Waals surface area (Å²) in [6.07, 6.45) is 0. The predicted molar refractivity (Wildman–Crippen MR) is 84.0 cm³/mol. The molecule has 2 aliphatic rings. The second kappa shape index (κ2) is 7.06. The average Bonchev–Trinajstić information content (AvgIpc) is 2.80. The monoisotopic (exact) mass is 335 g/mol. The fraction of sp³-hybridized carbons (Fsp3) is 0.500. The van der Waals surface area contributed by atoms with Crippen LogP contribution < -0.4 is 10.2 Å². The summed E-state index contributed by atoms with van der Waals surface area (Å²) in [5.41, 5.74) is 2.74. The van der Waals surface area contributed by atoms with Crippen LogP contribution in [0.25, 0.3) is 0 Å². The number of hydrogen-bond acceptors (Lipinski definition) is 5. The van der Waals surface area contributed by atoms with Crippen molar-refractivity contribution in [3.8, 4) is 5.75 Å². The lowest BCUT2D eigenvalue weighted by atomic mass is 10.1. The van der Waals surface area contributed by atoms with Gasteiger partial charge in [0, 0.05) is 24.2 Å². The highest BCUT2D eigenvalue weighted by Gasteiger charge is 2.30. The summed E-state index contributed by atoms with van der Waals surface area (Å²) >= 11 is 0. The molecule has 2 aliphatic heterocycles. The molecule has 0 spiro atoms. The molecule has 1 unspecified atom stereocenters. The predicted octanol–water partition coefficient (Wildman–Crippen LogP) is 0.841. The standard InChI is InChI=1S/C16H21N3O5/c1-11-10-24-14-8-12(15(20)17-22)2-3-13(14)9-19(11)16(21)18-4-6-23-7-5-18/h2-3,8,11,22H,4-7,9-10H2,1H3,(H,17,20). The van der Waals surface area contributed by atoms with Crippen molar-refractivity contribution in [3.05, 3.63) is 29.3 Å². The maximum absolute atomic E-state index is 12.8. The smallest absolute Gasteiger partial charge is 0.320 e. The molecule has 130 valence electrons. The van der Waals surface area contributed by atoms with E-state index < -0.39 is 5.91 Å². The van der Waals surface area contributed by atoms with E-state index in [0.717, 1.165) is 5.56 Å². The van der Waals surface area contributed by atoms with Gasteiger partial charge >= 0.3 is 6.03 Å². The van der Waals surface area contributed by atoms with Gasteiger partial charge in [-0.05, 0) is 19.1 Å². The normalized spacial score (nSPS) is 20.7. The maximum Gasteiger partial charge on any atom is 0.320 e. The van der Waals surface area contributed by atoms with Crippen molar-refractivity contribution in [2.45, 2.75) is 19.5 Å². The Morgan fingerprint density at radius 1 is 1.29 bits per heavy atom. The SMILES string of the molecule is CC1COc2cc(C(=O)NO)ccc2CN1C(=O)N1CCOCC1. The first-order valence-electron chi connectivity index (χ1n) is 7.93. The summed E-state index contributed by atoms with van der Waals surface area (Å²) in [5, 5.41) is 8.74. The number of urea groups is 1. The summed E-state index contributed by atoms with van der Waals surface area (Å²) in [6, 6.07) is 4.80. The van der Waals surface area contributed by atoms with Crippen molar-refractivity contribution in [3.63, 3.8) is 0 Å². The average molecular weight is 335 g/mol. The Labute approximate surface area is 139 Å². The van der Waals surface area contributed by atoms with E-state index in [9.17, 15) is 9.59 Å². The zero-order valence-electron chi connectivity index (χ0n) is 13.5. The van der Waals surface area contributed by atoms with Crippen molar-refractivity contribution >= 4 is 11.9 Å². The molecular weight excluding hydrogens is 314 g/mol. The summed E-state index contributed by atoms with van der Waals surface area (Å²) in [6.45, 7) is 4.98. The first-order valence-corrected chi connectivity index (χ1v) is 7.93. The van der Waals surface area contributed by atoms with Crippen molar-refractivity contribution in [2.75, 3.05) is 32.9 Å². The zero-order chi connectivity index (χ0) is 17.1. The minimum atomic E-state index is -0.597. The van der Waals surface area contributed by atoms with Gasteiger partial charge in [-0.15, -0.1) is 0 Å². The van der Waals surface area contributed by atoms with E-state index >= 15 is 0 Å². The van der Waals surface area contributed by atoms with Crippen LogP contribution in [-0.2, 0) is 11.3 Å². The van der Waals surface area contributed by atoms with Crippen molar-refractivity contribution in [1.82, 2.24) is 15.3 Å². The molecule has 1 fully saturated rings. The molecule has 0 aromatic heterocycles. The second-order valence-electron chi connectivity index (χ2n) is 5.93. The van der Waals surface area contributed by atoms with Crippen LogP contribution in [0.2, 0.25) is 0 Å². The van der Waals surface area contributed by atoms with Gasteiger partial charge in [-0.25, -0.2) is 10.3 Å². The van der Waals surface area contributed by atoms with Crippen LogP contribution in [0.4, 0.5) is 4.79 Å². The molecule has 24 heavy (non-hydrogen) atoms. The molecule has 8 heteroatoms. The Bertz CT molecular complexity index is 630. The molecule has 1 aromatic carbocycles. The third-order valence-electron chi connectivity index (χ3n) is 4.31. The topological polar surface area (TPSA) is 91.3 Å². The third-order valence-corrected chi connectivity index (χ3v) is 4.31. The summed E-state index contributed by atoms with van der Waals surface area (Å²) in [4.78, 5) is 27.9. The number of fused-ring (bicyclic) bond motifs is 1. The summed E-state index contributed by atoms with van der Waals surface area (Å²) < 4.78 is 11.1. The van der Waals surface area contributed by atoms with Gasteiger partial charge in [0.25, 0.3) is 5.91 Å². The van der Waals surface area contributed by atoms with Crippen molar-refractivity contribution < 1.29 is 24.3 Å². The van der Waals surface area contributed by atoms with E-state index in [4.69, 9.17) is 14.7 Å². The highest BCUT2D eigenvalue weighted by molar-refractivity contribution is 5.93. The first kappa shape index (κ1) is 16.5. The fourth-order valence-electron chi connectivity index (χ4n) is 2.86. The Morgan fingerprint density at radius 3 is 2.75 bits per heavy atom. The number of hydrogen-bond donors (Lipinski definition) is 2. The van der Waals surface area contributed by atoms with Crippen LogP contribution in [0.1, 0.15) is 22.8 Å². The molecule has 3 amide bonds. The van der Waals surface area contributed by atoms with E-state index in [0.29, 0.717) is 50.8 Å². The maximum atomic E-state index is 12.8. The molecule has 1 aromatic rings. The molecule has 8 nitrogen and oxygen atoms in total. The van der Waals surface area contributed by atoms with Gasteiger partial charge in [0.2, 0.25) is 0 Å². The zero-order valence-corrected chi connectivity index (χ0v) is 13.5. The van der Waals surface area contributed by atoms with Crippen LogP contribution in [0, 0.1) is 0 Å². The Kier molecular flexibility index (Phi) is 4.86. The van der Waals surface area contributed by atoms with Gasteiger partial charge < -0.3 is 19.3 Å². The molecule has 3 rings (SSSR count). The number of nitrogens with zero attached hydrogens (tertiary/aromatic N) is 2. The molecule has 1 saturated heterocycles. The minimum Gasteiger partial charge on any atom is -0.491 e. The number of nitrogens with one attached hydrogen (secondary N) is 1. The number of hydroxylamine groups is 1. The molecule has 2 heterocycles. The van der Waals surface area contributed by atoms with Crippen LogP contribution in [0.15, 0.2) is 18.2 Å². The number of morpholine rings is 1. The number of rotatable bonds is 1. The third kappa shape index (κ3) is 3.29. The molecule has 2 N–H and O–H groups in total. The lowest BCUT2D eigenvalue weighted by molar-refractivity contribution is 0.0375. The van der Waals surface area contributed by atoms with Crippen LogP contribution >= 0.6 is 0 Å². The van der Waals surface area contributed by atoms with Gasteiger partial charge in [-0.1, -0.05) is 6.07 Å². The lowest BCUT2D eigenvalue weighted by Gasteiger charge is -2.34. The second-order valence-corrected chi connectivity index (χ2v) is 5.93. The quantitative estimate of drug-likeness (QED) is 0.586. The van der Waals surface area contributed by atoms with E-state index in [1.807, 2.05) is 6.92 Å². The highest BCUT2D eigenvalue weighted by Crippen LogP contribution is 2.27. The van der Waals surface area contributed by atoms with E-state index in [1.54, 1.807) is 33.5 Å². The molecule has 0 radical (unpaired) electrons. The minimum absolute atomic E-state index is 0.0283. The van der Waals surface area contributed by atoms with Gasteiger partial charge in [0.15, 0.2) is 0 Å². The van der Waals surface area contributed by atoms with Gasteiger partial charge in [-0.2, -0.15) is 0 Å². The Hall–Kier alpha value is -2.32. The van der Waals surface area contributed by atoms with Crippen LogP contribution in [-0.4, -0.2) is 65.9 Å². The molecule has 0 saturated carbocycles. The lowest BCUT2D eigenvalue weighted by Crippen LogP contribution is -2.51. The van der Waals surface area contributed by atoms with Crippen LogP contribution in [0.3, 0.4) is 0 Å². The van der Waals surface area contributed by atoms with E-state index in [1.165, 1.54) is 0 Å². The summed E-state index contributed by atoms with van der Waals surface area (Å²) in [7, 11) is 0. The van der Waals surface area contributed by atoms with Crippen molar-refractivity contribution in [2.24, 2.45) is 0 Å². The van der Waals surface area contributed by atoms with E-state index in [-0.39, 0.29) is 12.1 Å². The Morgan fingerprint density at radius 2 is 2.04 bits per heavy atom. The number of carbonyl (C=O) groups is 2. The van der Waals surface area contributed by atoms with Gasteiger partial charge in [0.1, 0.15) is 12.4 Å². The van der Waals surface area contributed by atoms with Gasteiger partial charge in [0.05, 0.1) is 25.8 Å². The number of amides is 3. The fourth-order valence-corrected chi connectivity index (χ4v) is 2.86. The number of carbonyl (C=O) groups excluding carboxylic acids is 2.